The van der Waals surface area contributed by atoms with Crippen LogP contribution in [-0.2, 0) is 0 Å². The zero-order chi connectivity index (χ0) is 7.61. The number of rotatable bonds is 1. The van der Waals surface area contributed by atoms with E-state index in [9.17, 15) is 5.11 Å². The second-order valence-electron chi connectivity index (χ2n) is 2.92. The van der Waals surface area contributed by atoms with E-state index in [-0.39, 0.29) is 0 Å². The molecule has 10 heavy (non-hydrogen) atoms. The van der Waals surface area contributed by atoms with Crippen LogP contribution < -0.4 is 0 Å². The smallest absolute Gasteiger partial charge is 0.132 e. The molecule has 0 radical (unpaired) electrons. The van der Waals surface area contributed by atoms with Crippen molar-refractivity contribution in [3.05, 3.63) is 24.4 Å². The Balaban J connectivity index is 2.60. The van der Waals surface area contributed by atoms with E-state index in [0.717, 1.165) is 6.54 Å². The molecule has 1 aliphatic heterocycles. The molecule has 1 aliphatic rings. The lowest BCUT2D eigenvalue weighted by Gasteiger charge is -2.33. The minimum Gasteiger partial charge on any atom is -0.371 e. The average Bonchev–Trinajstić information content (AvgIpc) is 1.88. The molecule has 1 heterocycles. The number of allylic oxidation sites excluding steroid dienone is 2. The normalized spacial score (nSPS) is 18.1. The van der Waals surface area contributed by atoms with Crippen LogP contribution in [-0.4, -0.2) is 22.3 Å². The molecule has 0 spiro atoms. The molecule has 0 atom stereocenters. The van der Waals surface area contributed by atoms with Crippen molar-refractivity contribution >= 4 is 0 Å². The molecule has 0 saturated heterocycles. The first-order chi connectivity index (χ1) is 4.61. The highest BCUT2D eigenvalue weighted by atomic mass is 16.3. The van der Waals surface area contributed by atoms with E-state index in [1.165, 1.54) is 0 Å². The van der Waals surface area contributed by atoms with Gasteiger partial charge in [-0.1, -0.05) is 12.2 Å². The number of aliphatic hydroxyl groups is 1. The van der Waals surface area contributed by atoms with Crippen LogP contribution in [0.1, 0.15) is 13.8 Å². The molecule has 0 aromatic rings. The lowest BCUT2D eigenvalue weighted by molar-refractivity contribution is -0.0441. The van der Waals surface area contributed by atoms with E-state index in [2.05, 4.69) is 0 Å². The molecule has 56 valence electrons. The summed E-state index contributed by atoms with van der Waals surface area (Å²) in [4.78, 5) is 1.87. The fourth-order valence-electron chi connectivity index (χ4n) is 0.873. The Morgan fingerprint density at radius 3 is 2.40 bits per heavy atom. The highest BCUT2D eigenvalue weighted by molar-refractivity contribution is 5.09. The van der Waals surface area contributed by atoms with Gasteiger partial charge in [0.05, 0.1) is 0 Å². The van der Waals surface area contributed by atoms with E-state index in [1.807, 2.05) is 29.3 Å². The number of hydrogen-bond acceptors (Lipinski definition) is 2. The first-order valence-electron chi connectivity index (χ1n) is 3.43. The van der Waals surface area contributed by atoms with Crippen molar-refractivity contribution < 1.29 is 5.11 Å². The summed E-state index contributed by atoms with van der Waals surface area (Å²) >= 11 is 0. The topological polar surface area (TPSA) is 23.5 Å². The summed E-state index contributed by atoms with van der Waals surface area (Å²) in [6, 6.07) is 0. The summed E-state index contributed by atoms with van der Waals surface area (Å²) < 4.78 is 0. The largest absolute Gasteiger partial charge is 0.371 e. The fourth-order valence-corrected chi connectivity index (χ4v) is 0.873. The van der Waals surface area contributed by atoms with E-state index >= 15 is 0 Å². The molecule has 0 fully saturated rings. The van der Waals surface area contributed by atoms with E-state index in [1.54, 1.807) is 13.8 Å². The zero-order valence-corrected chi connectivity index (χ0v) is 6.41. The van der Waals surface area contributed by atoms with E-state index in [0.29, 0.717) is 0 Å². The van der Waals surface area contributed by atoms with Gasteiger partial charge in [0, 0.05) is 12.7 Å². The Labute approximate surface area is 61.5 Å². The van der Waals surface area contributed by atoms with Crippen LogP contribution in [0, 0.1) is 0 Å². The number of nitrogens with zero attached hydrogens (tertiary/aromatic N) is 1. The summed E-state index contributed by atoms with van der Waals surface area (Å²) in [5, 5.41) is 9.48. The van der Waals surface area contributed by atoms with Gasteiger partial charge in [-0.2, -0.15) is 0 Å². The molecule has 2 heteroatoms. The van der Waals surface area contributed by atoms with Crippen molar-refractivity contribution in [1.29, 1.82) is 0 Å². The highest BCUT2D eigenvalue weighted by Gasteiger charge is 2.18. The molecular weight excluding hydrogens is 126 g/mol. The maximum absolute atomic E-state index is 9.48. The molecule has 0 aromatic carbocycles. The van der Waals surface area contributed by atoms with E-state index in [4.69, 9.17) is 0 Å². The summed E-state index contributed by atoms with van der Waals surface area (Å²) in [6.07, 6.45) is 7.79. The van der Waals surface area contributed by atoms with Gasteiger partial charge in [-0.15, -0.1) is 0 Å². The summed E-state index contributed by atoms with van der Waals surface area (Å²) in [7, 11) is 0. The predicted octanol–water partition coefficient (Wildman–Crippen LogP) is 1.10. The molecule has 0 saturated carbocycles. The van der Waals surface area contributed by atoms with Crippen LogP contribution in [0.3, 0.4) is 0 Å². The second kappa shape index (κ2) is 2.46. The summed E-state index contributed by atoms with van der Waals surface area (Å²) in [6.45, 7) is 4.34. The van der Waals surface area contributed by atoms with Gasteiger partial charge in [0.2, 0.25) is 0 Å². The number of hydrogen-bond donors (Lipinski definition) is 1. The molecular formula is C8H13NO. The minimum atomic E-state index is -0.735. The third-order valence-corrected chi connectivity index (χ3v) is 1.52. The lowest BCUT2D eigenvalue weighted by Crippen LogP contribution is -2.40. The van der Waals surface area contributed by atoms with Crippen molar-refractivity contribution in [3.63, 3.8) is 0 Å². The summed E-state index contributed by atoms with van der Waals surface area (Å²) in [5.41, 5.74) is -0.735. The second-order valence-corrected chi connectivity index (χ2v) is 2.92. The molecule has 2 nitrogen and oxygen atoms in total. The molecule has 1 rings (SSSR count). The van der Waals surface area contributed by atoms with Gasteiger partial charge in [0.25, 0.3) is 0 Å². The van der Waals surface area contributed by atoms with Crippen LogP contribution in [0.25, 0.3) is 0 Å². The Bertz CT molecular complexity index is 165. The molecule has 0 amide bonds. The molecule has 1 N–H and O–H groups in total. The zero-order valence-electron chi connectivity index (χ0n) is 6.41. The quantitative estimate of drug-likeness (QED) is 0.588. The average molecular weight is 139 g/mol. The Hall–Kier alpha value is -0.760. The van der Waals surface area contributed by atoms with Crippen LogP contribution in [0.5, 0.6) is 0 Å². The van der Waals surface area contributed by atoms with Gasteiger partial charge in [0.1, 0.15) is 5.72 Å². The predicted molar refractivity (Wildman–Crippen MR) is 41.3 cm³/mol. The monoisotopic (exact) mass is 139 g/mol. The van der Waals surface area contributed by atoms with Crippen LogP contribution in [0.4, 0.5) is 0 Å². The first kappa shape index (κ1) is 7.35. The van der Waals surface area contributed by atoms with Crippen molar-refractivity contribution in [2.45, 2.75) is 19.6 Å². The Morgan fingerprint density at radius 1 is 1.40 bits per heavy atom. The lowest BCUT2D eigenvalue weighted by atomic mass is 10.2. The van der Waals surface area contributed by atoms with Gasteiger partial charge in [-0.05, 0) is 19.9 Å². The van der Waals surface area contributed by atoms with Gasteiger partial charge in [-0.3, -0.25) is 0 Å². The maximum atomic E-state index is 9.48. The summed E-state index contributed by atoms with van der Waals surface area (Å²) in [5.74, 6) is 0. The third kappa shape index (κ3) is 1.61. The third-order valence-electron chi connectivity index (χ3n) is 1.52. The van der Waals surface area contributed by atoms with Crippen molar-refractivity contribution in [3.8, 4) is 0 Å². The van der Waals surface area contributed by atoms with Crippen molar-refractivity contribution in [2.24, 2.45) is 0 Å². The van der Waals surface area contributed by atoms with Gasteiger partial charge in [0.15, 0.2) is 0 Å². The van der Waals surface area contributed by atoms with E-state index < -0.39 is 5.72 Å². The van der Waals surface area contributed by atoms with Crippen molar-refractivity contribution in [1.82, 2.24) is 4.90 Å². The molecule has 0 aromatic heterocycles. The van der Waals surface area contributed by atoms with Crippen LogP contribution in [0.15, 0.2) is 24.4 Å². The standard InChI is InChI=1S/C8H13NO/c1-8(2,10)9-6-4-3-5-7-9/h3-6,10H,7H2,1-2H3. The fraction of sp³-hybridized carbons (Fsp3) is 0.500. The van der Waals surface area contributed by atoms with Crippen molar-refractivity contribution in [2.75, 3.05) is 6.54 Å². The van der Waals surface area contributed by atoms with Gasteiger partial charge >= 0.3 is 0 Å². The van der Waals surface area contributed by atoms with Gasteiger partial charge in [-0.25, -0.2) is 0 Å². The minimum absolute atomic E-state index is 0.735. The van der Waals surface area contributed by atoms with Gasteiger partial charge < -0.3 is 10.0 Å². The molecule has 0 unspecified atom stereocenters. The molecule has 0 bridgehead atoms. The Kier molecular flexibility index (Phi) is 1.81. The van der Waals surface area contributed by atoms with Crippen LogP contribution >= 0.6 is 0 Å². The maximum Gasteiger partial charge on any atom is 0.132 e. The molecule has 0 aliphatic carbocycles. The Morgan fingerprint density at radius 2 is 2.10 bits per heavy atom. The SMILES string of the molecule is CC(C)(O)N1C=CC=CC1. The highest BCUT2D eigenvalue weighted by Crippen LogP contribution is 2.12. The first-order valence-corrected chi connectivity index (χ1v) is 3.43. The van der Waals surface area contributed by atoms with Crippen LogP contribution in [0.2, 0.25) is 0 Å².